The summed E-state index contributed by atoms with van der Waals surface area (Å²) in [7, 11) is 0. The largest absolute Gasteiger partial charge is 0.486 e. The van der Waals surface area contributed by atoms with Gasteiger partial charge in [-0.25, -0.2) is 4.98 Å². The number of hydrogen-bond donors (Lipinski definition) is 2. The predicted molar refractivity (Wildman–Crippen MR) is 117 cm³/mol. The third kappa shape index (κ3) is 5.01. The summed E-state index contributed by atoms with van der Waals surface area (Å²) in [5.41, 5.74) is 1.73. The van der Waals surface area contributed by atoms with E-state index >= 15 is 0 Å². The molecular weight excluding hydrogens is 436 g/mol. The second-order valence-corrected chi connectivity index (χ2v) is 7.61. The molecule has 10 nitrogen and oxygen atoms in total. The van der Waals surface area contributed by atoms with Crippen LogP contribution in [0, 0.1) is 10.1 Å². The quantitative estimate of drug-likeness (QED) is 0.414. The highest BCUT2D eigenvalue weighted by atomic mass is 32.1. The molecule has 2 heterocycles. The van der Waals surface area contributed by atoms with Crippen molar-refractivity contribution in [3.05, 3.63) is 63.5 Å². The Morgan fingerprint density at radius 2 is 1.84 bits per heavy atom. The van der Waals surface area contributed by atoms with Crippen LogP contribution < -0.4 is 20.1 Å². The number of benzene rings is 2. The van der Waals surface area contributed by atoms with Gasteiger partial charge in [0.25, 0.3) is 11.6 Å². The normalized spacial score (nSPS) is 12.1. The van der Waals surface area contributed by atoms with E-state index in [2.05, 4.69) is 15.6 Å². The van der Waals surface area contributed by atoms with Crippen molar-refractivity contribution in [1.82, 2.24) is 10.3 Å². The third-order valence-electron chi connectivity index (χ3n) is 4.57. The van der Waals surface area contributed by atoms with Crippen LogP contribution in [-0.4, -0.2) is 41.5 Å². The Hall–Kier alpha value is -3.99. The fourth-order valence-electron chi connectivity index (χ4n) is 2.97. The van der Waals surface area contributed by atoms with Crippen molar-refractivity contribution in [2.45, 2.75) is 6.42 Å². The molecule has 11 heteroatoms. The Balaban J connectivity index is 1.27. The van der Waals surface area contributed by atoms with Gasteiger partial charge in [-0.2, -0.15) is 0 Å². The molecule has 2 aromatic carbocycles. The molecule has 1 aromatic heterocycles. The molecule has 0 spiro atoms. The van der Waals surface area contributed by atoms with Gasteiger partial charge in [-0.3, -0.25) is 19.7 Å². The highest BCUT2D eigenvalue weighted by Gasteiger charge is 2.15. The first-order chi connectivity index (χ1) is 15.5. The maximum Gasteiger partial charge on any atom is 0.269 e. The van der Waals surface area contributed by atoms with Crippen LogP contribution in [0.15, 0.2) is 47.8 Å². The number of rotatable bonds is 7. The number of thiazole rings is 1. The number of nitro groups is 1. The monoisotopic (exact) mass is 454 g/mol. The molecule has 0 bridgehead atoms. The molecule has 1 aliphatic rings. The minimum atomic E-state index is -0.538. The van der Waals surface area contributed by atoms with Crippen molar-refractivity contribution >= 4 is 34.0 Å². The highest BCUT2D eigenvalue weighted by Crippen LogP contribution is 2.35. The molecule has 0 saturated carbocycles. The van der Waals surface area contributed by atoms with Crippen LogP contribution in [0.5, 0.6) is 11.5 Å². The van der Waals surface area contributed by atoms with Crippen LogP contribution in [0.3, 0.4) is 0 Å². The Morgan fingerprint density at radius 3 is 2.59 bits per heavy atom. The summed E-state index contributed by atoms with van der Waals surface area (Å²) in [5.74, 6) is 0.649. The zero-order valence-corrected chi connectivity index (χ0v) is 17.5. The maximum atomic E-state index is 12.2. The Kier molecular flexibility index (Phi) is 6.26. The van der Waals surface area contributed by atoms with Gasteiger partial charge in [0, 0.05) is 41.6 Å². The lowest BCUT2D eigenvalue weighted by molar-refractivity contribution is -0.384. The number of ether oxygens (including phenoxy) is 2. The number of fused-ring (bicyclic) bond motifs is 1. The minimum Gasteiger partial charge on any atom is -0.486 e. The van der Waals surface area contributed by atoms with Crippen molar-refractivity contribution in [3.8, 4) is 22.8 Å². The molecule has 164 valence electrons. The molecule has 0 atom stereocenters. The molecule has 0 radical (unpaired) electrons. The fraction of sp³-hybridized carbons (Fsp3) is 0.190. The van der Waals surface area contributed by atoms with Crippen LogP contribution in [0.1, 0.15) is 16.8 Å². The molecule has 2 amide bonds. The van der Waals surface area contributed by atoms with E-state index in [0.29, 0.717) is 35.5 Å². The van der Waals surface area contributed by atoms with E-state index in [1.165, 1.54) is 35.6 Å². The topological polar surface area (TPSA) is 133 Å². The number of carbonyl (C=O) groups is 2. The summed E-state index contributed by atoms with van der Waals surface area (Å²) in [5, 5.41) is 18.3. The molecule has 4 rings (SSSR count). The fourth-order valence-corrected chi connectivity index (χ4v) is 3.71. The van der Waals surface area contributed by atoms with Gasteiger partial charge in [0.2, 0.25) is 5.91 Å². The molecule has 0 saturated heterocycles. The molecule has 0 unspecified atom stereocenters. The van der Waals surface area contributed by atoms with Gasteiger partial charge in [0.1, 0.15) is 13.2 Å². The van der Waals surface area contributed by atoms with Crippen molar-refractivity contribution < 1.29 is 24.0 Å². The Bertz CT molecular complexity index is 1160. The summed E-state index contributed by atoms with van der Waals surface area (Å²) >= 11 is 1.29. The van der Waals surface area contributed by atoms with Crippen molar-refractivity contribution in [2.24, 2.45) is 0 Å². The van der Waals surface area contributed by atoms with Crippen LogP contribution >= 0.6 is 11.3 Å². The minimum absolute atomic E-state index is 0.0532. The number of nitrogens with zero attached hydrogens (tertiary/aromatic N) is 2. The van der Waals surface area contributed by atoms with Crippen LogP contribution in [0.4, 0.5) is 10.8 Å². The number of anilines is 1. The van der Waals surface area contributed by atoms with Crippen molar-refractivity contribution in [2.75, 3.05) is 25.1 Å². The summed E-state index contributed by atoms with van der Waals surface area (Å²) < 4.78 is 11.1. The third-order valence-corrected chi connectivity index (χ3v) is 5.32. The van der Waals surface area contributed by atoms with Gasteiger partial charge in [-0.15, -0.1) is 11.3 Å². The van der Waals surface area contributed by atoms with E-state index < -0.39 is 10.8 Å². The second-order valence-electron chi connectivity index (χ2n) is 6.75. The van der Waals surface area contributed by atoms with E-state index in [-0.39, 0.29) is 30.1 Å². The van der Waals surface area contributed by atoms with Crippen LogP contribution in [0.2, 0.25) is 0 Å². The van der Waals surface area contributed by atoms with Crippen LogP contribution in [-0.2, 0) is 4.79 Å². The highest BCUT2D eigenvalue weighted by molar-refractivity contribution is 7.14. The average molecular weight is 454 g/mol. The number of nitrogens with one attached hydrogen (secondary N) is 2. The zero-order valence-electron chi connectivity index (χ0n) is 16.7. The van der Waals surface area contributed by atoms with E-state index in [4.69, 9.17) is 9.47 Å². The molecule has 0 fully saturated rings. The first-order valence-electron chi connectivity index (χ1n) is 9.67. The van der Waals surface area contributed by atoms with Gasteiger partial charge in [0.05, 0.1) is 10.6 Å². The average Bonchev–Trinajstić information content (AvgIpc) is 3.27. The van der Waals surface area contributed by atoms with Crippen LogP contribution in [0.25, 0.3) is 11.3 Å². The standard InChI is InChI=1S/C21H18N4O6S/c26-19(7-8-22-20(27)13-1-4-15(5-2-13)25(28)29)24-21-23-16(12-32-21)14-3-6-17-18(11-14)31-10-9-30-17/h1-6,11-12H,7-10H2,(H,22,27)(H,23,24,26). The van der Waals surface area contributed by atoms with Gasteiger partial charge in [-0.1, -0.05) is 0 Å². The second kappa shape index (κ2) is 9.43. The van der Waals surface area contributed by atoms with Crippen molar-refractivity contribution in [3.63, 3.8) is 0 Å². The van der Waals surface area contributed by atoms with Gasteiger partial charge in [-0.05, 0) is 30.3 Å². The summed E-state index contributed by atoms with van der Waals surface area (Å²) in [4.78, 5) is 38.8. The lowest BCUT2D eigenvalue weighted by Crippen LogP contribution is -2.27. The molecule has 1 aliphatic heterocycles. The predicted octanol–water partition coefficient (Wildman–Crippen LogP) is 3.25. The molecule has 3 aromatic rings. The number of aromatic nitrogens is 1. The molecule has 2 N–H and O–H groups in total. The van der Waals surface area contributed by atoms with Gasteiger partial charge < -0.3 is 20.1 Å². The van der Waals surface area contributed by atoms with E-state index in [1.54, 1.807) is 0 Å². The first kappa shape index (κ1) is 21.2. The zero-order chi connectivity index (χ0) is 22.5. The number of carbonyl (C=O) groups excluding carboxylic acids is 2. The lowest BCUT2D eigenvalue weighted by Gasteiger charge is -2.18. The summed E-state index contributed by atoms with van der Waals surface area (Å²) in [6.07, 6.45) is 0.0532. The van der Waals surface area contributed by atoms with E-state index in [0.717, 1.165) is 5.56 Å². The Morgan fingerprint density at radius 1 is 1.09 bits per heavy atom. The number of hydrogen-bond acceptors (Lipinski definition) is 8. The maximum absolute atomic E-state index is 12.2. The smallest absolute Gasteiger partial charge is 0.269 e. The lowest BCUT2D eigenvalue weighted by atomic mass is 10.1. The molecular formula is C21H18N4O6S. The first-order valence-corrected chi connectivity index (χ1v) is 10.6. The summed E-state index contributed by atoms with van der Waals surface area (Å²) in [6, 6.07) is 10.8. The Labute approximate surface area is 186 Å². The number of amides is 2. The van der Waals surface area contributed by atoms with Gasteiger partial charge in [0.15, 0.2) is 16.6 Å². The molecule has 0 aliphatic carbocycles. The van der Waals surface area contributed by atoms with E-state index in [1.807, 2.05) is 23.6 Å². The number of non-ortho nitro benzene ring substituents is 1. The number of nitro benzene ring substituents is 1. The summed E-state index contributed by atoms with van der Waals surface area (Å²) in [6.45, 7) is 1.13. The van der Waals surface area contributed by atoms with Crippen molar-refractivity contribution in [1.29, 1.82) is 0 Å². The SMILES string of the molecule is O=C(CCNC(=O)c1ccc([N+](=O)[O-])cc1)Nc1nc(-c2ccc3c(c2)OCCO3)cs1. The molecule has 32 heavy (non-hydrogen) atoms. The van der Waals surface area contributed by atoms with Gasteiger partial charge >= 0.3 is 0 Å². The van der Waals surface area contributed by atoms with E-state index in [9.17, 15) is 19.7 Å².